The molecule has 1 unspecified atom stereocenters. The van der Waals surface area contributed by atoms with Crippen LogP contribution in [0.1, 0.15) is 12.5 Å². The van der Waals surface area contributed by atoms with Crippen LogP contribution in [0.25, 0.3) is 0 Å². The van der Waals surface area contributed by atoms with Gasteiger partial charge in [-0.3, -0.25) is 4.90 Å². The van der Waals surface area contributed by atoms with Crippen LogP contribution in [0.4, 0.5) is 5.82 Å². The second-order valence-corrected chi connectivity index (χ2v) is 3.60. The normalized spacial score (nSPS) is 24.6. The first-order valence-corrected chi connectivity index (χ1v) is 4.43. The van der Waals surface area contributed by atoms with Crippen molar-refractivity contribution in [3.05, 3.63) is 18.1 Å². The van der Waals surface area contributed by atoms with Gasteiger partial charge in [0.15, 0.2) is 0 Å². The molecule has 14 heavy (non-hydrogen) atoms. The van der Waals surface area contributed by atoms with E-state index < -0.39 is 0 Å². The van der Waals surface area contributed by atoms with Gasteiger partial charge in [0.2, 0.25) is 0 Å². The molecule has 1 aromatic heterocycles. The topological polar surface area (TPSA) is 53.4 Å². The van der Waals surface area contributed by atoms with Crippen molar-refractivity contribution in [2.45, 2.75) is 12.6 Å². The van der Waals surface area contributed by atoms with Crippen LogP contribution in [0.3, 0.4) is 0 Å². The third-order valence-electron chi connectivity index (χ3n) is 2.61. The van der Waals surface area contributed by atoms with E-state index in [2.05, 4.69) is 20.3 Å². The van der Waals surface area contributed by atoms with Gasteiger partial charge in [-0.1, -0.05) is 0 Å². The minimum atomic E-state index is -0.373. The average Bonchev–Trinajstić information content (AvgIpc) is 2.18. The zero-order chi connectivity index (χ0) is 10.2. The first-order chi connectivity index (χ1) is 6.64. The van der Waals surface area contributed by atoms with E-state index in [1.165, 1.54) is 6.33 Å². The highest BCUT2D eigenvalue weighted by atomic mass is 15.3. The average molecular weight is 191 g/mol. The van der Waals surface area contributed by atoms with E-state index in [1.807, 2.05) is 25.9 Å². The summed E-state index contributed by atoms with van der Waals surface area (Å²) in [6.45, 7) is 2.03. The molecule has 0 bridgehead atoms. The number of anilines is 1. The zero-order valence-electron chi connectivity index (χ0n) is 8.52. The molecule has 0 aromatic carbocycles. The van der Waals surface area contributed by atoms with Crippen LogP contribution in [-0.4, -0.2) is 35.3 Å². The van der Waals surface area contributed by atoms with Crippen molar-refractivity contribution in [3.63, 3.8) is 0 Å². The Hall–Kier alpha value is -1.49. The predicted molar refractivity (Wildman–Crippen MR) is 55.2 cm³/mol. The molecule has 0 saturated heterocycles. The van der Waals surface area contributed by atoms with Gasteiger partial charge in [0.05, 0.1) is 11.9 Å². The van der Waals surface area contributed by atoms with Gasteiger partial charge in [0.1, 0.15) is 17.8 Å². The van der Waals surface area contributed by atoms with Crippen LogP contribution in [-0.2, 0) is 5.66 Å². The van der Waals surface area contributed by atoms with Crippen molar-refractivity contribution in [1.82, 2.24) is 14.9 Å². The number of aliphatic imine (C=N–C) groups is 1. The molecule has 74 valence electrons. The van der Waals surface area contributed by atoms with E-state index in [0.29, 0.717) is 0 Å². The molecular formula is C9H13N5. The molecule has 0 saturated carbocycles. The van der Waals surface area contributed by atoms with Crippen LogP contribution in [0.2, 0.25) is 0 Å². The summed E-state index contributed by atoms with van der Waals surface area (Å²) in [4.78, 5) is 14.6. The number of fused-ring (bicyclic) bond motifs is 1. The number of aromatic nitrogens is 2. The number of nitrogens with zero attached hydrogens (tertiary/aromatic N) is 4. The van der Waals surface area contributed by atoms with E-state index in [9.17, 15) is 0 Å². The van der Waals surface area contributed by atoms with Gasteiger partial charge in [-0.15, -0.1) is 0 Å². The quantitative estimate of drug-likeness (QED) is 0.708. The minimum absolute atomic E-state index is 0.373. The highest BCUT2D eigenvalue weighted by Crippen LogP contribution is 2.33. The lowest BCUT2D eigenvalue weighted by molar-refractivity contribution is 0.184. The SMILES string of the molecule is CN(C)C1(C)N=CNc2ncncc21. The zero-order valence-corrected chi connectivity index (χ0v) is 8.52. The van der Waals surface area contributed by atoms with Crippen LogP contribution in [0.15, 0.2) is 17.5 Å². The molecule has 0 spiro atoms. The second-order valence-electron chi connectivity index (χ2n) is 3.60. The van der Waals surface area contributed by atoms with Crippen LogP contribution < -0.4 is 5.32 Å². The Labute approximate surface area is 82.9 Å². The van der Waals surface area contributed by atoms with Crippen LogP contribution >= 0.6 is 0 Å². The molecule has 1 atom stereocenters. The van der Waals surface area contributed by atoms with Crippen molar-refractivity contribution in [2.24, 2.45) is 4.99 Å². The lowest BCUT2D eigenvalue weighted by Crippen LogP contribution is -2.40. The fraction of sp³-hybridized carbons (Fsp3) is 0.444. The second kappa shape index (κ2) is 3.02. The number of nitrogens with one attached hydrogen (secondary N) is 1. The summed E-state index contributed by atoms with van der Waals surface area (Å²) < 4.78 is 0. The Balaban J connectivity index is 2.55. The Bertz CT molecular complexity index is 373. The summed E-state index contributed by atoms with van der Waals surface area (Å²) in [5.41, 5.74) is 0.620. The monoisotopic (exact) mass is 191 g/mol. The fourth-order valence-corrected chi connectivity index (χ4v) is 1.44. The molecule has 5 heteroatoms. The maximum atomic E-state index is 4.41. The van der Waals surface area contributed by atoms with E-state index >= 15 is 0 Å². The summed E-state index contributed by atoms with van der Waals surface area (Å²) in [5, 5.41) is 3.00. The molecule has 2 heterocycles. The first-order valence-electron chi connectivity index (χ1n) is 4.43. The Morgan fingerprint density at radius 3 is 2.93 bits per heavy atom. The van der Waals surface area contributed by atoms with Gasteiger partial charge < -0.3 is 5.32 Å². The molecule has 0 aliphatic carbocycles. The van der Waals surface area contributed by atoms with E-state index in [-0.39, 0.29) is 5.66 Å². The van der Waals surface area contributed by atoms with Crippen LogP contribution in [0.5, 0.6) is 0 Å². The highest BCUT2D eigenvalue weighted by Gasteiger charge is 2.33. The molecule has 0 fully saturated rings. The van der Waals surface area contributed by atoms with Crippen molar-refractivity contribution >= 4 is 12.2 Å². The predicted octanol–water partition coefficient (Wildman–Crippen LogP) is 0.665. The Morgan fingerprint density at radius 2 is 2.21 bits per heavy atom. The van der Waals surface area contributed by atoms with Gasteiger partial charge in [-0.2, -0.15) is 0 Å². The summed E-state index contributed by atoms with van der Waals surface area (Å²) >= 11 is 0. The first kappa shape index (κ1) is 9.08. The van der Waals surface area contributed by atoms with E-state index in [0.717, 1.165) is 11.4 Å². The highest BCUT2D eigenvalue weighted by molar-refractivity contribution is 5.78. The van der Waals surface area contributed by atoms with Gasteiger partial charge in [-0.25, -0.2) is 15.0 Å². The number of rotatable bonds is 1. The van der Waals surface area contributed by atoms with Crippen molar-refractivity contribution in [3.8, 4) is 0 Å². The van der Waals surface area contributed by atoms with Gasteiger partial charge in [0, 0.05) is 6.20 Å². The van der Waals surface area contributed by atoms with Crippen molar-refractivity contribution in [1.29, 1.82) is 0 Å². The smallest absolute Gasteiger partial charge is 0.142 e. The summed E-state index contributed by atoms with van der Waals surface area (Å²) in [6.07, 6.45) is 5.00. The van der Waals surface area contributed by atoms with Crippen molar-refractivity contribution < 1.29 is 0 Å². The maximum absolute atomic E-state index is 4.41. The Kier molecular flexibility index (Phi) is 1.96. The maximum Gasteiger partial charge on any atom is 0.142 e. The fourth-order valence-electron chi connectivity index (χ4n) is 1.44. The molecule has 1 aliphatic heterocycles. The third-order valence-corrected chi connectivity index (χ3v) is 2.61. The largest absolute Gasteiger partial charge is 0.331 e. The van der Waals surface area contributed by atoms with Gasteiger partial charge in [0.25, 0.3) is 0 Å². The Morgan fingerprint density at radius 1 is 1.43 bits per heavy atom. The molecule has 2 rings (SSSR count). The lowest BCUT2D eigenvalue weighted by Gasteiger charge is -2.35. The number of hydrogen-bond donors (Lipinski definition) is 1. The standard InChI is InChI=1S/C9H13N5/c1-9(14(2)3)7-4-10-5-11-8(7)12-6-13-9/h4-6H,1-3H3,(H,10,11,12,13). The summed E-state index contributed by atoms with van der Waals surface area (Å²) in [6, 6.07) is 0. The molecule has 1 aliphatic rings. The third kappa shape index (κ3) is 1.17. The molecule has 5 nitrogen and oxygen atoms in total. The van der Waals surface area contributed by atoms with Crippen molar-refractivity contribution in [2.75, 3.05) is 19.4 Å². The molecule has 1 aromatic rings. The molecule has 0 radical (unpaired) electrons. The molecular weight excluding hydrogens is 178 g/mol. The molecule has 0 amide bonds. The van der Waals surface area contributed by atoms with Gasteiger partial charge in [-0.05, 0) is 21.0 Å². The van der Waals surface area contributed by atoms with Crippen LogP contribution in [0, 0.1) is 0 Å². The lowest BCUT2D eigenvalue weighted by atomic mass is 10.0. The molecule has 1 N–H and O–H groups in total. The van der Waals surface area contributed by atoms with Gasteiger partial charge >= 0.3 is 0 Å². The summed E-state index contributed by atoms with van der Waals surface area (Å²) in [5.74, 6) is 0.825. The number of hydrogen-bond acceptors (Lipinski definition) is 5. The minimum Gasteiger partial charge on any atom is -0.331 e. The van der Waals surface area contributed by atoms with E-state index in [4.69, 9.17) is 0 Å². The summed E-state index contributed by atoms with van der Waals surface area (Å²) in [7, 11) is 3.97. The van der Waals surface area contributed by atoms with E-state index in [1.54, 1.807) is 12.5 Å².